The lowest BCUT2D eigenvalue weighted by Gasteiger charge is -2.08. The van der Waals surface area contributed by atoms with E-state index in [2.05, 4.69) is 31.9 Å². The predicted octanol–water partition coefficient (Wildman–Crippen LogP) is 5.92. The summed E-state index contributed by atoms with van der Waals surface area (Å²) in [5.74, 6) is -1.20. The molecule has 1 heterocycles. The molecule has 3 rings (SSSR count). The van der Waals surface area contributed by atoms with Gasteiger partial charge >= 0.3 is 0 Å². The van der Waals surface area contributed by atoms with Gasteiger partial charge in [0, 0.05) is 14.3 Å². The minimum absolute atomic E-state index is 0.0600. The first-order valence-electron chi connectivity index (χ1n) is 8.45. The topological polar surface area (TPSA) is 50.4 Å². The van der Waals surface area contributed by atoms with E-state index in [-0.39, 0.29) is 42.6 Å². The van der Waals surface area contributed by atoms with E-state index in [0.29, 0.717) is 0 Å². The second-order valence-electron chi connectivity index (χ2n) is 4.77. The van der Waals surface area contributed by atoms with Gasteiger partial charge in [-0.05, 0) is 57.0 Å². The number of alkyl halides is 1. The fraction of sp³-hybridized carbons (Fsp3) is 0.118. The van der Waals surface area contributed by atoms with Crippen molar-refractivity contribution in [2.45, 2.75) is 13.1 Å². The van der Waals surface area contributed by atoms with Crippen LogP contribution in [0.2, 0.25) is 0 Å². The SMILES string of the molecule is [2H]c1c([2H])c([2H])c2c(C(=O)c3c(Br)cc(O)cc3Br)c(C(C)F)oc2c1[2H]. The van der Waals surface area contributed by atoms with Gasteiger partial charge in [0.1, 0.15) is 17.1 Å². The molecular formula is C17H11Br2FO3. The molecule has 1 N–H and O–H groups in total. The van der Waals surface area contributed by atoms with E-state index in [4.69, 9.17) is 9.90 Å². The van der Waals surface area contributed by atoms with Crippen molar-refractivity contribution in [3.05, 3.63) is 62.1 Å². The van der Waals surface area contributed by atoms with Gasteiger partial charge in [0.25, 0.3) is 0 Å². The quantitative estimate of drug-likeness (QED) is 0.508. The van der Waals surface area contributed by atoms with Crippen LogP contribution in [-0.4, -0.2) is 10.9 Å². The first-order valence-corrected chi connectivity index (χ1v) is 8.04. The molecule has 0 amide bonds. The molecule has 0 fully saturated rings. The average Bonchev–Trinajstić information content (AvgIpc) is 2.98. The lowest BCUT2D eigenvalue weighted by Crippen LogP contribution is -2.06. The van der Waals surface area contributed by atoms with Crippen molar-refractivity contribution in [1.29, 1.82) is 0 Å². The average molecular weight is 446 g/mol. The van der Waals surface area contributed by atoms with Crippen LogP contribution in [0.1, 0.15) is 40.3 Å². The summed E-state index contributed by atoms with van der Waals surface area (Å²) in [5.41, 5.74) is -0.501. The Balaban J connectivity index is 2.44. The zero-order valence-electron chi connectivity index (χ0n) is 15.6. The van der Waals surface area contributed by atoms with Crippen molar-refractivity contribution in [3.63, 3.8) is 0 Å². The highest BCUT2D eigenvalue weighted by molar-refractivity contribution is 9.11. The second kappa shape index (κ2) is 6.09. The van der Waals surface area contributed by atoms with E-state index in [1.54, 1.807) is 0 Å². The van der Waals surface area contributed by atoms with Crippen LogP contribution in [0.4, 0.5) is 4.39 Å². The number of fused-ring (bicyclic) bond motifs is 1. The minimum atomic E-state index is -1.73. The van der Waals surface area contributed by atoms with E-state index in [1.165, 1.54) is 12.1 Å². The second-order valence-corrected chi connectivity index (χ2v) is 6.48. The maximum Gasteiger partial charge on any atom is 0.199 e. The molecule has 3 nitrogen and oxygen atoms in total. The fourth-order valence-corrected chi connectivity index (χ4v) is 3.77. The van der Waals surface area contributed by atoms with Crippen molar-refractivity contribution in [3.8, 4) is 5.75 Å². The Morgan fingerprint density at radius 1 is 1.26 bits per heavy atom. The molecule has 6 heteroatoms. The molecule has 0 saturated heterocycles. The molecule has 0 aliphatic rings. The summed E-state index contributed by atoms with van der Waals surface area (Å²) in [7, 11) is 0. The van der Waals surface area contributed by atoms with Crippen LogP contribution >= 0.6 is 31.9 Å². The number of carbonyl (C=O) groups excluding carboxylic acids is 1. The fourth-order valence-electron chi connectivity index (χ4n) is 2.24. The molecule has 1 atom stereocenters. The highest BCUT2D eigenvalue weighted by Crippen LogP contribution is 2.37. The molecular weight excluding hydrogens is 431 g/mol. The lowest BCUT2D eigenvalue weighted by atomic mass is 9.99. The van der Waals surface area contributed by atoms with Gasteiger partial charge in [-0.15, -0.1) is 0 Å². The molecule has 1 aromatic heterocycles. The van der Waals surface area contributed by atoms with Gasteiger partial charge in [-0.1, -0.05) is 18.1 Å². The summed E-state index contributed by atoms with van der Waals surface area (Å²) < 4.78 is 51.7. The maximum absolute atomic E-state index is 14.2. The van der Waals surface area contributed by atoms with Gasteiger partial charge in [0.05, 0.1) is 16.6 Å². The monoisotopic (exact) mass is 444 g/mol. The number of halogens is 3. The summed E-state index contributed by atoms with van der Waals surface area (Å²) in [6.07, 6.45) is -1.73. The van der Waals surface area contributed by atoms with Gasteiger partial charge < -0.3 is 9.52 Å². The molecule has 118 valence electrons. The van der Waals surface area contributed by atoms with Crippen LogP contribution in [0.15, 0.2) is 49.7 Å². The van der Waals surface area contributed by atoms with E-state index >= 15 is 0 Å². The van der Waals surface area contributed by atoms with Crippen molar-refractivity contribution < 1.29 is 24.2 Å². The van der Waals surface area contributed by atoms with Crippen molar-refractivity contribution >= 4 is 48.6 Å². The summed E-state index contributed by atoms with van der Waals surface area (Å²) in [4.78, 5) is 13.2. The third-order valence-corrected chi connectivity index (χ3v) is 4.45. The number of aromatic hydroxyl groups is 1. The van der Waals surface area contributed by atoms with Crippen LogP contribution in [-0.2, 0) is 0 Å². The molecule has 1 unspecified atom stereocenters. The summed E-state index contributed by atoms with van der Waals surface area (Å²) in [5, 5.41) is 9.46. The maximum atomic E-state index is 14.2. The van der Waals surface area contributed by atoms with Gasteiger partial charge in [0.15, 0.2) is 12.0 Å². The molecule has 0 aliphatic carbocycles. The van der Waals surface area contributed by atoms with Crippen LogP contribution in [0.5, 0.6) is 5.75 Å². The van der Waals surface area contributed by atoms with Crippen LogP contribution in [0, 0.1) is 0 Å². The molecule has 0 aliphatic heterocycles. The number of phenolic OH excluding ortho intramolecular Hbond substituents is 1. The van der Waals surface area contributed by atoms with Gasteiger partial charge in [0.2, 0.25) is 0 Å². The lowest BCUT2D eigenvalue weighted by molar-refractivity contribution is 0.103. The number of ketones is 1. The zero-order chi connectivity index (χ0) is 20.2. The minimum Gasteiger partial charge on any atom is -0.508 e. The third-order valence-electron chi connectivity index (χ3n) is 3.20. The number of furan rings is 1. The molecule has 23 heavy (non-hydrogen) atoms. The number of phenols is 1. The van der Waals surface area contributed by atoms with Gasteiger partial charge in [-0.2, -0.15) is 0 Å². The Hall–Kier alpha value is -1.66. The smallest absolute Gasteiger partial charge is 0.199 e. The largest absolute Gasteiger partial charge is 0.508 e. The molecule has 0 bridgehead atoms. The van der Waals surface area contributed by atoms with Crippen molar-refractivity contribution in [2.24, 2.45) is 0 Å². The third kappa shape index (κ3) is 2.81. The van der Waals surface area contributed by atoms with E-state index in [0.717, 1.165) is 6.92 Å². The number of hydrogen-bond acceptors (Lipinski definition) is 3. The standard InChI is InChI=1S/C17H11Br2FO3/c1-8(20)17-14(10-4-2-3-5-13(10)23-17)16(22)15-11(18)6-9(21)7-12(15)19/h2-8,21H,1H3/i2D,3D,4D,5D. The normalized spacial score (nSPS) is 15.0. The summed E-state index contributed by atoms with van der Waals surface area (Å²) >= 11 is 6.37. The van der Waals surface area contributed by atoms with E-state index in [1.807, 2.05) is 0 Å². The highest BCUT2D eigenvalue weighted by Gasteiger charge is 2.27. The van der Waals surface area contributed by atoms with Gasteiger partial charge in [-0.25, -0.2) is 4.39 Å². The van der Waals surface area contributed by atoms with E-state index < -0.39 is 36.1 Å². The highest BCUT2D eigenvalue weighted by atomic mass is 79.9. The number of hydrogen-bond donors (Lipinski definition) is 1. The van der Waals surface area contributed by atoms with Crippen molar-refractivity contribution in [1.82, 2.24) is 0 Å². The van der Waals surface area contributed by atoms with Crippen LogP contribution < -0.4 is 0 Å². The Morgan fingerprint density at radius 3 is 2.48 bits per heavy atom. The number of carbonyl (C=O) groups is 1. The number of benzene rings is 2. The number of para-hydroxylation sites is 1. The Kier molecular flexibility index (Phi) is 3.13. The predicted molar refractivity (Wildman–Crippen MR) is 92.7 cm³/mol. The first-order chi connectivity index (χ1) is 12.6. The summed E-state index contributed by atoms with van der Waals surface area (Å²) in [6, 6.07) is 0.504. The zero-order valence-corrected chi connectivity index (χ0v) is 14.8. The molecule has 3 aromatic rings. The van der Waals surface area contributed by atoms with Crippen molar-refractivity contribution in [2.75, 3.05) is 0 Å². The van der Waals surface area contributed by atoms with Crippen LogP contribution in [0.25, 0.3) is 11.0 Å². The molecule has 0 saturated carbocycles. The molecule has 0 spiro atoms. The van der Waals surface area contributed by atoms with Crippen LogP contribution in [0.3, 0.4) is 0 Å². The van der Waals surface area contributed by atoms with Gasteiger partial charge in [-0.3, -0.25) is 4.79 Å². The Morgan fingerprint density at radius 2 is 1.87 bits per heavy atom. The summed E-state index contributed by atoms with van der Waals surface area (Å²) in [6.45, 7) is 1.14. The van der Waals surface area contributed by atoms with E-state index in [9.17, 15) is 14.3 Å². The Labute approximate surface area is 154 Å². The first kappa shape index (κ1) is 11.8. The number of rotatable bonds is 3. The Bertz CT molecular complexity index is 1090. The molecule has 2 aromatic carbocycles. The molecule has 0 radical (unpaired) electrons.